The quantitative estimate of drug-likeness (QED) is 0.0714. The van der Waals surface area contributed by atoms with E-state index in [9.17, 15) is 44.5 Å². The summed E-state index contributed by atoms with van der Waals surface area (Å²) in [4.78, 5) is 73.6. The Morgan fingerprint density at radius 2 is 0.849 bits per heavy atom. The summed E-state index contributed by atoms with van der Waals surface area (Å²) in [6.07, 6.45) is 0. The highest BCUT2D eigenvalue weighted by Crippen LogP contribution is 2.27. The molecule has 0 fully saturated rings. The van der Waals surface area contributed by atoms with Gasteiger partial charge in [0.25, 0.3) is 35.0 Å². The second-order valence-electron chi connectivity index (χ2n) is 12.2. The topological polar surface area (TPSA) is 223 Å². The Hall–Kier alpha value is -7.42. The first-order valence-electron chi connectivity index (χ1n) is 15.9. The molecule has 0 radical (unpaired) electrons. The number of hydrogen-bond acceptors (Lipinski definition) is 9. The summed E-state index contributed by atoms with van der Waals surface area (Å²) in [6, 6.07) is 21.2. The molecular weight excluding hydrogens is 684 g/mol. The van der Waals surface area contributed by atoms with Crippen LogP contribution < -0.4 is 21.3 Å². The molecule has 4 amide bonds. The molecule has 0 aliphatic heterocycles. The average molecular weight is 717 g/mol. The lowest BCUT2D eigenvalue weighted by atomic mass is 10.1. The Bertz CT molecular complexity index is 2200. The van der Waals surface area contributed by atoms with Gasteiger partial charge in [-0.3, -0.25) is 39.4 Å². The number of phenols is 1. The second-order valence-corrected chi connectivity index (χ2v) is 12.2. The van der Waals surface area contributed by atoms with Crippen molar-refractivity contribution in [2.24, 2.45) is 0 Å². The van der Waals surface area contributed by atoms with Gasteiger partial charge in [-0.15, -0.1) is 0 Å². The summed E-state index contributed by atoms with van der Waals surface area (Å²) >= 11 is 0. The summed E-state index contributed by atoms with van der Waals surface area (Å²) in [5.74, 6) is -2.71. The number of amides is 4. The van der Waals surface area contributed by atoms with E-state index in [1.165, 1.54) is 80.6 Å². The molecule has 0 aliphatic rings. The van der Waals surface area contributed by atoms with Gasteiger partial charge in [-0.1, -0.05) is 12.1 Å². The van der Waals surface area contributed by atoms with Crippen LogP contribution in [0.1, 0.15) is 63.7 Å². The third-order valence-electron chi connectivity index (χ3n) is 8.24. The summed E-state index contributed by atoms with van der Waals surface area (Å²) < 4.78 is 0. The summed E-state index contributed by atoms with van der Waals surface area (Å²) in [5, 5.41) is 43.6. The SMILES string of the molecule is Cc1ccc(NC(=O)c2cc(O)cc(C(=O)Nc3ccc(C)c(NC(=O)c4ccc([N+](=O)[O-])c(C)c4)c3)c2)cc1NC(=O)c1ccc([N+](=O)[O-])c(C)c1. The van der Waals surface area contributed by atoms with Crippen molar-refractivity contribution in [1.29, 1.82) is 0 Å². The van der Waals surface area contributed by atoms with Crippen molar-refractivity contribution in [3.8, 4) is 5.75 Å². The fraction of sp³-hybridized carbons (Fsp3) is 0.105. The zero-order valence-corrected chi connectivity index (χ0v) is 28.8. The largest absolute Gasteiger partial charge is 0.508 e. The van der Waals surface area contributed by atoms with Gasteiger partial charge in [-0.2, -0.15) is 0 Å². The van der Waals surface area contributed by atoms with Gasteiger partial charge in [0.15, 0.2) is 0 Å². The van der Waals surface area contributed by atoms with Crippen molar-refractivity contribution in [3.05, 3.63) is 156 Å². The predicted molar refractivity (Wildman–Crippen MR) is 198 cm³/mol. The van der Waals surface area contributed by atoms with Crippen LogP contribution in [0.2, 0.25) is 0 Å². The van der Waals surface area contributed by atoms with E-state index in [1.54, 1.807) is 38.1 Å². The van der Waals surface area contributed by atoms with Gasteiger partial charge in [0, 0.05) is 68.3 Å². The highest BCUT2D eigenvalue weighted by atomic mass is 16.6. The minimum atomic E-state index is -0.663. The van der Waals surface area contributed by atoms with Crippen LogP contribution in [-0.2, 0) is 0 Å². The van der Waals surface area contributed by atoms with Crippen LogP contribution in [0.5, 0.6) is 5.75 Å². The van der Waals surface area contributed by atoms with Crippen molar-refractivity contribution in [1.82, 2.24) is 0 Å². The lowest BCUT2D eigenvalue weighted by Crippen LogP contribution is -2.17. The maximum Gasteiger partial charge on any atom is 0.272 e. The number of benzene rings is 5. The van der Waals surface area contributed by atoms with Gasteiger partial charge >= 0.3 is 0 Å². The lowest BCUT2D eigenvalue weighted by Gasteiger charge is -2.13. The molecule has 0 saturated heterocycles. The smallest absolute Gasteiger partial charge is 0.272 e. The Morgan fingerprint density at radius 3 is 1.21 bits per heavy atom. The highest BCUT2D eigenvalue weighted by molar-refractivity contribution is 6.10. The van der Waals surface area contributed by atoms with Crippen molar-refractivity contribution in [2.75, 3.05) is 21.3 Å². The van der Waals surface area contributed by atoms with E-state index in [4.69, 9.17) is 0 Å². The summed E-state index contributed by atoms with van der Waals surface area (Å²) in [5.41, 5.74) is 3.42. The van der Waals surface area contributed by atoms with Gasteiger partial charge < -0.3 is 26.4 Å². The number of carbonyl (C=O) groups excluding carboxylic acids is 4. The molecule has 0 bridgehead atoms. The Kier molecular flexibility index (Phi) is 10.6. The number of nitrogens with one attached hydrogen (secondary N) is 4. The number of rotatable bonds is 10. The first kappa shape index (κ1) is 36.9. The van der Waals surface area contributed by atoms with Crippen LogP contribution in [-0.4, -0.2) is 38.6 Å². The van der Waals surface area contributed by atoms with Crippen molar-refractivity contribution in [3.63, 3.8) is 0 Å². The lowest BCUT2D eigenvalue weighted by molar-refractivity contribution is -0.385. The maximum absolute atomic E-state index is 13.3. The fourth-order valence-corrected chi connectivity index (χ4v) is 5.34. The molecule has 0 atom stereocenters. The van der Waals surface area contributed by atoms with E-state index in [0.717, 1.165) is 0 Å². The summed E-state index contributed by atoms with van der Waals surface area (Å²) in [7, 11) is 0. The zero-order valence-electron chi connectivity index (χ0n) is 28.8. The fourth-order valence-electron chi connectivity index (χ4n) is 5.34. The Morgan fingerprint density at radius 1 is 0.472 bits per heavy atom. The molecule has 0 saturated carbocycles. The normalized spacial score (nSPS) is 10.6. The Balaban J connectivity index is 1.28. The minimum absolute atomic E-state index is 0.0436. The molecule has 5 rings (SSSR count). The number of phenolic OH excluding ortho intramolecular Hbond substituents is 1. The number of nitro benzene ring substituents is 2. The molecule has 5 aromatic carbocycles. The third-order valence-corrected chi connectivity index (χ3v) is 8.24. The van der Waals surface area contributed by atoms with Crippen LogP contribution in [0.15, 0.2) is 91.0 Å². The van der Waals surface area contributed by atoms with E-state index in [-0.39, 0.29) is 39.4 Å². The maximum atomic E-state index is 13.3. The zero-order chi connectivity index (χ0) is 38.6. The molecule has 53 heavy (non-hydrogen) atoms. The van der Waals surface area contributed by atoms with Crippen LogP contribution >= 0.6 is 0 Å². The molecule has 15 heteroatoms. The first-order chi connectivity index (χ1) is 25.1. The molecule has 15 nitrogen and oxygen atoms in total. The number of anilines is 4. The van der Waals surface area contributed by atoms with Gasteiger partial charge in [0.2, 0.25) is 0 Å². The monoisotopic (exact) mass is 716 g/mol. The summed E-state index contributed by atoms with van der Waals surface area (Å²) in [6.45, 7) is 6.54. The van der Waals surface area contributed by atoms with Crippen LogP contribution in [0, 0.1) is 47.9 Å². The second kappa shape index (κ2) is 15.2. The minimum Gasteiger partial charge on any atom is -0.508 e. The molecular formula is C38H32N6O9. The highest BCUT2D eigenvalue weighted by Gasteiger charge is 2.18. The third kappa shape index (κ3) is 8.67. The number of nitro groups is 2. The predicted octanol–water partition coefficient (Wildman–Crippen LogP) is 7.45. The number of hydrogen-bond donors (Lipinski definition) is 5. The van der Waals surface area contributed by atoms with Gasteiger partial charge in [-0.25, -0.2) is 0 Å². The van der Waals surface area contributed by atoms with Gasteiger partial charge in [0.05, 0.1) is 9.85 Å². The molecule has 5 N–H and O–H groups in total. The Labute approximate surface area is 302 Å². The van der Waals surface area contributed by atoms with Crippen LogP contribution in [0.3, 0.4) is 0 Å². The van der Waals surface area contributed by atoms with E-state index in [2.05, 4.69) is 21.3 Å². The molecule has 0 heterocycles. The van der Waals surface area contributed by atoms with Crippen LogP contribution in [0.4, 0.5) is 34.1 Å². The van der Waals surface area contributed by atoms with E-state index >= 15 is 0 Å². The molecule has 5 aromatic rings. The van der Waals surface area contributed by atoms with Crippen molar-refractivity contribution in [2.45, 2.75) is 27.7 Å². The van der Waals surface area contributed by atoms with Crippen LogP contribution in [0.25, 0.3) is 0 Å². The number of aromatic hydroxyl groups is 1. The van der Waals surface area contributed by atoms with E-state index < -0.39 is 33.5 Å². The molecule has 0 aromatic heterocycles. The van der Waals surface area contributed by atoms with E-state index in [0.29, 0.717) is 45.0 Å². The van der Waals surface area contributed by atoms with Gasteiger partial charge in [-0.05, 0) is 106 Å². The molecule has 268 valence electrons. The number of carbonyl (C=O) groups is 4. The van der Waals surface area contributed by atoms with Gasteiger partial charge in [0.1, 0.15) is 5.75 Å². The molecule has 0 spiro atoms. The number of aryl methyl sites for hydroxylation is 4. The first-order valence-corrected chi connectivity index (χ1v) is 15.9. The van der Waals surface area contributed by atoms with Crippen molar-refractivity contribution >= 4 is 57.8 Å². The number of nitrogens with zero attached hydrogens (tertiary/aromatic N) is 2. The molecule has 0 aliphatic carbocycles. The standard InChI is InChI=1S/C38H32N6O9/c1-20-5-9-28(18-31(20)41-35(46)24-7-11-33(43(50)51)22(3)13-24)39-37(48)26-15-27(17-30(45)16-26)38(49)40-29-10-6-21(2)32(19-29)42-36(47)25-8-12-34(44(52)53)23(4)14-25/h5-19,45H,1-4H3,(H,39,48)(H,40,49)(H,41,46)(H,42,47). The van der Waals surface area contributed by atoms with Crippen molar-refractivity contribution < 1.29 is 34.1 Å². The average Bonchev–Trinajstić information content (AvgIpc) is 3.10. The molecule has 0 unspecified atom stereocenters. The van der Waals surface area contributed by atoms with E-state index in [1.807, 2.05) is 0 Å².